The van der Waals surface area contributed by atoms with Crippen molar-refractivity contribution < 1.29 is 14.3 Å². The first-order valence-electron chi connectivity index (χ1n) is 10.2. The van der Waals surface area contributed by atoms with Crippen LogP contribution in [0.15, 0.2) is 85.1 Å². The fourth-order valence-electron chi connectivity index (χ4n) is 3.59. The molecule has 0 radical (unpaired) electrons. The number of hydrogen-bond donors (Lipinski definition) is 0. The summed E-state index contributed by atoms with van der Waals surface area (Å²) in [5.41, 5.74) is 4.42. The van der Waals surface area contributed by atoms with Crippen molar-refractivity contribution in [2.24, 2.45) is 0 Å². The number of carbonyl (C=O) groups excluding carboxylic acids is 1. The molecule has 1 heterocycles. The van der Waals surface area contributed by atoms with E-state index in [4.69, 9.17) is 9.47 Å². The van der Waals surface area contributed by atoms with Crippen molar-refractivity contribution in [2.45, 2.75) is 26.5 Å². The highest BCUT2D eigenvalue weighted by Crippen LogP contribution is 2.24. The lowest BCUT2D eigenvalue weighted by molar-refractivity contribution is -0.142. The second kappa shape index (κ2) is 9.31. The third-order valence-electron chi connectivity index (χ3n) is 5.04. The summed E-state index contributed by atoms with van der Waals surface area (Å²) in [4.78, 5) is 12.0. The number of benzene rings is 3. The van der Waals surface area contributed by atoms with Gasteiger partial charge in [0.1, 0.15) is 12.4 Å². The largest absolute Gasteiger partial charge is 0.489 e. The van der Waals surface area contributed by atoms with Crippen molar-refractivity contribution in [2.75, 3.05) is 6.61 Å². The number of para-hydroxylation sites is 1. The van der Waals surface area contributed by atoms with E-state index in [9.17, 15) is 4.79 Å². The molecule has 0 spiro atoms. The maximum absolute atomic E-state index is 12.0. The monoisotopic (exact) mass is 399 g/mol. The van der Waals surface area contributed by atoms with Crippen LogP contribution < -0.4 is 4.74 Å². The molecule has 0 saturated carbocycles. The number of hydrogen-bond acceptors (Lipinski definition) is 3. The molecule has 4 nitrogen and oxygen atoms in total. The molecule has 152 valence electrons. The van der Waals surface area contributed by atoms with Gasteiger partial charge in [0.15, 0.2) is 0 Å². The van der Waals surface area contributed by atoms with Gasteiger partial charge in [-0.3, -0.25) is 4.79 Å². The Hall–Kier alpha value is -3.53. The normalized spacial score (nSPS) is 10.8. The van der Waals surface area contributed by atoms with Crippen molar-refractivity contribution in [3.05, 3.63) is 102 Å². The van der Waals surface area contributed by atoms with E-state index in [2.05, 4.69) is 47.2 Å². The van der Waals surface area contributed by atoms with Crippen molar-refractivity contribution in [1.29, 1.82) is 0 Å². The molecule has 0 saturated heterocycles. The zero-order valence-electron chi connectivity index (χ0n) is 17.1. The van der Waals surface area contributed by atoms with Crippen molar-refractivity contribution >= 4 is 16.9 Å². The first kappa shape index (κ1) is 19.8. The van der Waals surface area contributed by atoms with E-state index >= 15 is 0 Å². The minimum atomic E-state index is -0.194. The van der Waals surface area contributed by atoms with Gasteiger partial charge < -0.3 is 14.0 Å². The molecule has 0 aliphatic heterocycles. The van der Waals surface area contributed by atoms with Gasteiger partial charge >= 0.3 is 5.97 Å². The van der Waals surface area contributed by atoms with Crippen LogP contribution in [0.2, 0.25) is 0 Å². The highest BCUT2D eigenvalue weighted by atomic mass is 16.5. The number of fused-ring (bicyclic) bond motifs is 1. The highest BCUT2D eigenvalue weighted by Gasteiger charge is 2.12. The van der Waals surface area contributed by atoms with Gasteiger partial charge in [-0.15, -0.1) is 0 Å². The molecule has 1 aromatic heterocycles. The summed E-state index contributed by atoms with van der Waals surface area (Å²) in [7, 11) is 0. The summed E-state index contributed by atoms with van der Waals surface area (Å²) in [5.74, 6) is 0.656. The molecule has 0 N–H and O–H groups in total. The molecule has 0 amide bonds. The fourth-order valence-corrected chi connectivity index (χ4v) is 3.59. The van der Waals surface area contributed by atoms with Crippen LogP contribution in [0.3, 0.4) is 0 Å². The average Bonchev–Trinajstić information content (AvgIpc) is 3.11. The Morgan fingerprint density at radius 3 is 2.37 bits per heavy atom. The van der Waals surface area contributed by atoms with Crippen LogP contribution in [0.25, 0.3) is 10.9 Å². The molecule has 4 rings (SSSR count). The molecule has 0 aliphatic rings. The zero-order valence-corrected chi connectivity index (χ0v) is 17.1. The van der Waals surface area contributed by atoms with E-state index in [0.717, 1.165) is 34.3 Å². The molecule has 0 fully saturated rings. The summed E-state index contributed by atoms with van der Waals surface area (Å²) in [5, 5.41) is 1.09. The summed E-state index contributed by atoms with van der Waals surface area (Å²) in [6.45, 7) is 3.51. The summed E-state index contributed by atoms with van der Waals surface area (Å²) in [6.07, 6.45) is 2.34. The minimum Gasteiger partial charge on any atom is -0.489 e. The number of nitrogens with zero attached hydrogens (tertiary/aromatic N) is 1. The van der Waals surface area contributed by atoms with E-state index in [1.807, 2.05) is 49.4 Å². The molecule has 30 heavy (non-hydrogen) atoms. The number of rotatable bonds is 8. The standard InChI is InChI=1S/C26H25NO3/c1-2-29-26(28)16-22-18-27(25-11-7-6-10-24(22)25)17-20-12-14-23(15-13-20)30-19-21-8-4-3-5-9-21/h3-15,18H,2,16-17,19H2,1H3. The Labute approximate surface area is 176 Å². The fraction of sp³-hybridized carbons (Fsp3) is 0.192. The van der Waals surface area contributed by atoms with Gasteiger partial charge in [0.25, 0.3) is 0 Å². The molecule has 4 aromatic rings. The van der Waals surface area contributed by atoms with Gasteiger partial charge in [-0.05, 0) is 41.8 Å². The SMILES string of the molecule is CCOC(=O)Cc1cn(Cc2ccc(OCc3ccccc3)cc2)c2ccccc12. The molecule has 0 atom stereocenters. The maximum Gasteiger partial charge on any atom is 0.310 e. The quantitative estimate of drug-likeness (QED) is 0.374. The first-order chi connectivity index (χ1) is 14.7. The maximum atomic E-state index is 12.0. The molecular weight excluding hydrogens is 374 g/mol. The van der Waals surface area contributed by atoms with Crippen LogP contribution in [0.5, 0.6) is 5.75 Å². The smallest absolute Gasteiger partial charge is 0.310 e. The van der Waals surface area contributed by atoms with Crippen molar-refractivity contribution in [1.82, 2.24) is 4.57 Å². The third kappa shape index (κ3) is 4.71. The van der Waals surface area contributed by atoms with Gasteiger partial charge in [0.05, 0.1) is 13.0 Å². The van der Waals surface area contributed by atoms with Gasteiger partial charge in [0.2, 0.25) is 0 Å². The number of ether oxygens (including phenoxy) is 2. The van der Waals surface area contributed by atoms with Gasteiger partial charge in [-0.25, -0.2) is 0 Å². The van der Waals surface area contributed by atoms with Gasteiger partial charge in [-0.2, -0.15) is 0 Å². The van der Waals surface area contributed by atoms with E-state index in [0.29, 0.717) is 13.2 Å². The zero-order chi connectivity index (χ0) is 20.8. The minimum absolute atomic E-state index is 0.194. The van der Waals surface area contributed by atoms with Gasteiger partial charge in [-0.1, -0.05) is 60.7 Å². The van der Waals surface area contributed by atoms with Crippen LogP contribution in [0.1, 0.15) is 23.6 Å². The number of aromatic nitrogens is 1. The molecule has 0 unspecified atom stereocenters. The Morgan fingerprint density at radius 1 is 0.867 bits per heavy atom. The van der Waals surface area contributed by atoms with Crippen LogP contribution >= 0.6 is 0 Å². The predicted molar refractivity (Wildman–Crippen MR) is 119 cm³/mol. The van der Waals surface area contributed by atoms with Crippen LogP contribution in [-0.2, 0) is 29.1 Å². The lowest BCUT2D eigenvalue weighted by Crippen LogP contribution is -2.07. The summed E-state index contributed by atoms with van der Waals surface area (Å²) in [6, 6.07) is 26.5. The van der Waals surface area contributed by atoms with Crippen molar-refractivity contribution in [3.8, 4) is 5.75 Å². The highest BCUT2D eigenvalue weighted by molar-refractivity contribution is 5.88. The Balaban J connectivity index is 1.48. The predicted octanol–water partition coefficient (Wildman–Crippen LogP) is 5.37. The molecule has 4 heteroatoms. The molecule has 0 bridgehead atoms. The third-order valence-corrected chi connectivity index (χ3v) is 5.04. The average molecular weight is 399 g/mol. The Bertz CT molecular complexity index is 1110. The number of esters is 1. The first-order valence-corrected chi connectivity index (χ1v) is 10.2. The van der Waals surface area contributed by atoms with Crippen LogP contribution in [0, 0.1) is 0 Å². The Morgan fingerprint density at radius 2 is 1.60 bits per heavy atom. The van der Waals surface area contributed by atoms with Crippen LogP contribution in [0.4, 0.5) is 0 Å². The van der Waals surface area contributed by atoms with E-state index in [-0.39, 0.29) is 12.4 Å². The van der Waals surface area contributed by atoms with Crippen molar-refractivity contribution in [3.63, 3.8) is 0 Å². The summed E-state index contributed by atoms with van der Waals surface area (Å²) >= 11 is 0. The summed E-state index contributed by atoms with van der Waals surface area (Å²) < 4.78 is 13.2. The van der Waals surface area contributed by atoms with Gasteiger partial charge in [0, 0.05) is 23.6 Å². The Kier molecular flexibility index (Phi) is 6.14. The molecular formula is C26H25NO3. The molecule has 0 aliphatic carbocycles. The topological polar surface area (TPSA) is 40.5 Å². The van der Waals surface area contributed by atoms with E-state index in [1.165, 1.54) is 5.56 Å². The van der Waals surface area contributed by atoms with Crippen LogP contribution in [-0.4, -0.2) is 17.1 Å². The lowest BCUT2D eigenvalue weighted by Gasteiger charge is -2.09. The second-order valence-corrected chi connectivity index (χ2v) is 7.20. The number of carbonyl (C=O) groups is 1. The van der Waals surface area contributed by atoms with E-state index in [1.54, 1.807) is 0 Å². The van der Waals surface area contributed by atoms with E-state index < -0.39 is 0 Å². The lowest BCUT2D eigenvalue weighted by atomic mass is 10.1. The molecule has 3 aromatic carbocycles. The second-order valence-electron chi connectivity index (χ2n) is 7.20.